The van der Waals surface area contributed by atoms with Gasteiger partial charge >= 0.3 is 11.9 Å². The van der Waals surface area contributed by atoms with E-state index in [4.69, 9.17) is 9.84 Å². The largest absolute Gasteiger partial charge is 0.478 e. The third kappa shape index (κ3) is 3.57. The van der Waals surface area contributed by atoms with Crippen LogP contribution in [0.5, 0.6) is 0 Å². The van der Waals surface area contributed by atoms with Gasteiger partial charge in [-0.25, -0.2) is 9.59 Å². The highest BCUT2D eigenvalue weighted by Crippen LogP contribution is 2.18. The summed E-state index contributed by atoms with van der Waals surface area (Å²) in [5, 5.41) is 8.84. The number of aromatic carboxylic acids is 1. The number of fused-ring (bicyclic) bond motifs is 2. The highest BCUT2D eigenvalue weighted by Gasteiger charge is 2.15. The maximum absolute atomic E-state index is 11.6. The first-order chi connectivity index (χ1) is 13.4. The molecule has 1 N–H and O–H groups in total. The van der Waals surface area contributed by atoms with Crippen LogP contribution in [-0.4, -0.2) is 42.8 Å². The van der Waals surface area contributed by atoms with Crippen molar-refractivity contribution in [2.75, 3.05) is 6.61 Å². The Morgan fingerprint density at radius 3 is 1.96 bits per heavy atom. The zero-order chi connectivity index (χ0) is 20.3. The van der Waals surface area contributed by atoms with Crippen LogP contribution in [0.3, 0.4) is 0 Å². The van der Waals surface area contributed by atoms with Crippen molar-refractivity contribution in [1.82, 2.24) is 19.1 Å². The van der Waals surface area contributed by atoms with Gasteiger partial charge in [-0.2, -0.15) is 0 Å². The summed E-state index contributed by atoms with van der Waals surface area (Å²) >= 11 is 0. The molecule has 28 heavy (non-hydrogen) atoms. The quantitative estimate of drug-likeness (QED) is 0.549. The number of rotatable bonds is 3. The number of hydrogen-bond acceptors (Lipinski definition) is 5. The van der Waals surface area contributed by atoms with E-state index in [-0.39, 0.29) is 11.5 Å². The van der Waals surface area contributed by atoms with Gasteiger partial charge in [-0.1, -0.05) is 0 Å². The molecule has 8 heteroatoms. The number of carbonyl (C=O) groups excluding carboxylic acids is 1. The smallest absolute Gasteiger partial charge is 0.341 e. The van der Waals surface area contributed by atoms with Crippen LogP contribution in [0.15, 0.2) is 49.1 Å². The Kier molecular flexibility index (Phi) is 5.39. The third-order valence-electron chi connectivity index (χ3n) is 4.21. The fourth-order valence-corrected chi connectivity index (χ4v) is 2.94. The molecule has 0 radical (unpaired) electrons. The van der Waals surface area contributed by atoms with Gasteiger partial charge in [0, 0.05) is 38.9 Å². The number of hydrogen-bond donors (Lipinski definition) is 1. The molecule has 0 aliphatic heterocycles. The lowest BCUT2D eigenvalue weighted by Gasteiger charge is -1.98. The molecule has 0 spiro atoms. The summed E-state index contributed by atoms with van der Waals surface area (Å²) in [5.41, 5.74) is 3.77. The minimum Gasteiger partial charge on any atom is -0.478 e. The molecule has 0 fully saturated rings. The lowest BCUT2D eigenvalue weighted by atomic mass is 10.3. The molecule has 0 atom stereocenters. The Morgan fingerprint density at radius 2 is 1.46 bits per heavy atom. The maximum atomic E-state index is 11.6. The molecule has 0 amide bonds. The van der Waals surface area contributed by atoms with Crippen LogP contribution in [0.25, 0.3) is 22.1 Å². The van der Waals surface area contributed by atoms with Crippen LogP contribution in [0.2, 0.25) is 0 Å². The zero-order valence-corrected chi connectivity index (χ0v) is 15.8. The van der Waals surface area contributed by atoms with Crippen LogP contribution < -0.4 is 0 Å². The minimum atomic E-state index is -0.940. The summed E-state index contributed by atoms with van der Waals surface area (Å²) in [7, 11) is 3.68. The van der Waals surface area contributed by atoms with Crippen LogP contribution in [-0.2, 0) is 18.8 Å². The Bertz CT molecular complexity index is 1160. The Hall–Kier alpha value is -3.68. The van der Waals surface area contributed by atoms with E-state index in [1.54, 1.807) is 49.4 Å². The molecule has 0 bridgehead atoms. The topological polar surface area (TPSA) is 99.2 Å². The van der Waals surface area contributed by atoms with Gasteiger partial charge in [-0.15, -0.1) is 0 Å². The SMILES string of the molecule is CCOC(=O)c1cn(C)c2cccnc12.Cn1cc(C(=O)O)c2ncccc21. The Morgan fingerprint density at radius 1 is 0.964 bits per heavy atom. The van der Waals surface area contributed by atoms with Gasteiger partial charge in [0.1, 0.15) is 22.2 Å². The Labute approximate surface area is 161 Å². The van der Waals surface area contributed by atoms with Crippen molar-refractivity contribution in [3.05, 3.63) is 60.2 Å². The predicted molar refractivity (Wildman–Crippen MR) is 104 cm³/mol. The lowest BCUT2D eigenvalue weighted by Crippen LogP contribution is -2.04. The van der Waals surface area contributed by atoms with Crippen LogP contribution in [0.1, 0.15) is 27.6 Å². The summed E-state index contributed by atoms with van der Waals surface area (Å²) in [5.74, 6) is -1.26. The van der Waals surface area contributed by atoms with Crippen LogP contribution in [0.4, 0.5) is 0 Å². The second-order valence-corrected chi connectivity index (χ2v) is 6.08. The van der Waals surface area contributed by atoms with E-state index in [0.717, 1.165) is 11.0 Å². The van der Waals surface area contributed by atoms with Gasteiger partial charge in [0.15, 0.2) is 0 Å². The maximum Gasteiger partial charge on any atom is 0.341 e. The van der Waals surface area contributed by atoms with Gasteiger partial charge in [-0.3, -0.25) is 9.97 Å². The first-order valence-corrected chi connectivity index (χ1v) is 8.64. The van der Waals surface area contributed by atoms with E-state index < -0.39 is 5.97 Å². The highest BCUT2D eigenvalue weighted by molar-refractivity contribution is 6.02. The number of esters is 1. The average molecular weight is 380 g/mol. The van der Waals surface area contributed by atoms with E-state index in [2.05, 4.69) is 9.97 Å². The number of nitrogens with zero attached hydrogens (tertiary/aromatic N) is 4. The number of ether oxygens (including phenoxy) is 1. The molecule has 144 valence electrons. The van der Waals surface area contributed by atoms with E-state index in [1.165, 1.54) is 0 Å². The first-order valence-electron chi connectivity index (χ1n) is 8.64. The molecule has 0 unspecified atom stereocenters. The summed E-state index contributed by atoms with van der Waals surface area (Å²) in [6.45, 7) is 2.17. The summed E-state index contributed by atoms with van der Waals surface area (Å²) < 4.78 is 8.58. The molecule has 0 saturated heterocycles. The number of aromatic nitrogens is 4. The van der Waals surface area contributed by atoms with Crippen molar-refractivity contribution in [2.24, 2.45) is 14.1 Å². The number of carboxylic acid groups (broad SMARTS) is 1. The van der Waals surface area contributed by atoms with Gasteiger partial charge in [0.25, 0.3) is 0 Å². The minimum absolute atomic E-state index is 0.248. The normalized spacial score (nSPS) is 10.5. The van der Waals surface area contributed by atoms with Crippen molar-refractivity contribution < 1.29 is 19.4 Å². The second-order valence-electron chi connectivity index (χ2n) is 6.08. The number of pyridine rings is 2. The predicted octanol–water partition coefficient (Wildman–Crippen LogP) is 3.02. The van der Waals surface area contributed by atoms with Crippen LogP contribution >= 0.6 is 0 Å². The van der Waals surface area contributed by atoms with Crippen molar-refractivity contribution >= 4 is 34.0 Å². The van der Waals surface area contributed by atoms with Crippen molar-refractivity contribution in [3.8, 4) is 0 Å². The average Bonchev–Trinajstić information content (AvgIpc) is 3.21. The lowest BCUT2D eigenvalue weighted by molar-refractivity contribution is 0.0527. The second kappa shape index (κ2) is 7.91. The number of carbonyl (C=O) groups is 2. The molecule has 4 aromatic rings. The standard InChI is InChI=1S/C11H12N2O2.C9H8N2O2/c1-3-15-11(14)8-7-13(2)9-5-4-6-12-10(8)9;1-11-5-6(9(12)13)8-7(11)3-2-4-10-8/h4-7H,3H2,1-2H3;2-5H,1H3,(H,12,13). The van der Waals surface area contributed by atoms with Crippen molar-refractivity contribution in [2.45, 2.75) is 6.92 Å². The molecular formula is C20H20N4O4. The monoisotopic (exact) mass is 380 g/mol. The summed E-state index contributed by atoms with van der Waals surface area (Å²) in [6, 6.07) is 7.39. The fourth-order valence-electron chi connectivity index (χ4n) is 2.94. The fraction of sp³-hybridized carbons (Fsp3) is 0.200. The van der Waals surface area contributed by atoms with E-state index in [1.807, 2.05) is 29.8 Å². The number of aryl methyl sites for hydroxylation is 2. The van der Waals surface area contributed by atoms with Crippen LogP contribution in [0, 0.1) is 0 Å². The van der Waals surface area contributed by atoms with Gasteiger partial charge < -0.3 is 19.0 Å². The van der Waals surface area contributed by atoms with Gasteiger partial charge in [0.2, 0.25) is 0 Å². The summed E-state index contributed by atoms with van der Waals surface area (Å²) in [4.78, 5) is 30.6. The van der Waals surface area contributed by atoms with Gasteiger partial charge in [0.05, 0.1) is 17.6 Å². The molecular weight excluding hydrogens is 360 g/mol. The molecule has 0 aromatic carbocycles. The zero-order valence-electron chi connectivity index (χ0n) is 15.8. The molecule has 0 aliphatic carbocycles. The molecule has 0 saturated carbocycles. The Balaban J connectivity index is 0.000000162. The molecule has 4 heterocycles. The van der Waals surface area contributed by atoms with Gasteiger partial charge in [-0.05, 0) is 31.2 Å². The van der Waals surface area contributed by atoms with E-state index >= 15 is 0 Å². The summed E-state index contributed by atoms with van der Waals surface area (Å²) in [6.07, 6.45) is 6.58. The van der Waals surface area contributed by atoms with E-state index in [9.17, 15) is 9.59 Å². The highest BCUT2D eigenvalue weighted by atomic mass is 16.5. The van der Waals surface area contributed by atoms with Crippen molar-refractivity contribution in [1.29, 1.82) is 0 Å². The molecule has 4 rings (SSSR count). The third-order valence-corrected chi connectivity index (χ3v) is 4.21. The van der Waals surface area contributed by atoms with Crippen molar-refractivity contribution in [3.63, 3.8) is 0 Å². The molecule has 8 nitrogen and oxygen atoms in total. The molecule has 0 aliphatic rings. The molecule has 4 aromatic heterocycles. The number of carboxylic acids is 1. The van der Waals surface area contributed by atoms with E-state index in [0.29, 0.717) is 23.2 Å². The first kappa shape index (κ1) is 19.1.